The molecule has 2 rings (SSSR count). The molecular weight excluding hydrogens is 196 g/mol. The van der Waals surface area contributed by atoms with Gasteiger partial charge in [0.25, 0.3) is 0 Å². The Morgan fingerprint density at radius 3 is 2.67 bits per heavy atom. The van der Waals surface area contributed by atoms with Crippen LogP contribution in [0.3, 0.4) is 0 Å². The third kappa shape index (κ3) is 2.34. The summed E-state index contributed by atoms with van der Waals surface area (Å²) in [5.74, 6) is -0.736. The second-order valence-corrected chi connectivity index (χ2v) is 3.28. The predicted molar refractivity (Wildman–Crippen MR) is 51.2 cm³/mol. The lowest BCUT2D eigenvalue weighted by Gasteiger charge is -2.08. The molecule has 15 heavy (non-hydrogen) atoms. The topological polar surface area (TPSA) is 52.6 Å². The molecule has 1 atom stereocenters. The molecule has 1 aliphatic heterocycles. The fraction of sp³-hybridized carbons (Fsp3) is 0.273. The summed E-state index contributed by atoms with van der Waals surface area (Å²) in [6.45, 7) is 0.164. The summed E-state index contributed by atoms with van der Waals surface area (Å²) in [4.78, 5) is 22.3. The van der Waals surface area contributed by atoms with E-state index in [2.05, 4.69) is 4.74 Å². The number of ether oxygens (including phenoxy) is 2. The Bertz CT molecular complexity index is 371. The Balaban J connectivity index is 1.96. The third-order valence-electron chi connectivity index (χ3n) is 2.11. The second-order valence-electron chi connectivity index (χ2n) is 3.28. The zero-order chi connectivity index (χ0) is 10.7. The molecule has 78 valence electrons. The third-order valence-corrected chi connectivity index (χ3v) is 2.11. The average molecular weight is 206 g/mol. The summed E-state index contributed by atoms with van der Waals surface area (Å²) in [7, 11) is 0. The molecule has 0 radical (unpaired) electrons. The average Bonchev–Trinajstić information content (AvgIpc) is 2.65. The number of carbonyl (C=O) groups is 2. The van der Waals surface area contributed by atoms with Crippen LogP contribution in [0.5, 0.6) is 0 Å². The van der Waals surface area contributed by atoms with Gasteiger partial charge in [-0.3, -0.25) is 4.79 Å². The number of cyclic esters (lactones) is 1. The summed E-state index contributed by atoms with van der Waals surface area (Å²) < 4.78 is 9.77. The van der Waals surface area contributed by atoms with Gasteiger partial charge < -0.3 is 9.47 Å². The maximum Gasteiger partial charge on any atom is 0.338 e. The Morgan fingerprint density at radius 1 is 1.33 bits per heavy atom. The minimum atomic E-state index is -0.440. The summed E-state index contributed by atoms with van der Waals surface area (Å²) in [5.41, 5.74) is 0.483. The lowest BCUT2D eigenvalue weighted by molar-refractivity contribution is -0.137. The largest absolute Gasteiger partial charge is 0.462 e. The van der Waals surface area contributed by atoms with Gasteiger partial charge in [-0.2, -0.15) is 0 Å². The van der Waals surface area contributed by atoms with Crippen LogP contribution >= 0.6 is 0 Å². The van der Waals surface area contributed by atoms with Crippen molar-refractivity contribution in [3.8, 4) is 0 Å². The molecule has 0 N–H and O–H groups in total. The highest BCUT2D eigenvalue weighted by atomic mass is 16.6. The van der Waals surface area contributed by atoms with E-state index in [4.69, 9.17) is 4.74 Å². The van der Waals surface area contributed by atoms with Crippen LogP contribution in [-0.2, 0) is 14.3 Å². The van der Waals surface area contributed by atoms with Crippen molar-refractivity contribution in [2.24, 2.45) is 0 Å². The van der Waals surface area contributed by atoms with E-state index in [0.29, 0.717) is 5.56 Å². The smallest absolute Gasteiger partial charge is 0.338 e. The van der Waals surface area contributed by atoms with Crippen LogP contribution in [0, 0.1) is 0 Å². The summed E-state index contributed by atoms with van der Waals surface area (Å²) >= 11 is 0. The molecule has 0 bridgehead atoms. The molecule has 1 heterocycles. The van der Waals surface area contributed by atoms with E-state index in [1.54, 1.807) is 24.3 Å². The lowest BCUT2D eigenvalue weighted by Crippen LogP contribution is -2.18. The van der Waals surface area contributed by atoms with Crippen molar-refractivity contribution in [3.05, 3.63) is 35.9 Å². The molecule has 0 aliphatic carbocycles. The second kappa shape index (κ2) is 4.13. The molecule has 0 saturated carbocycles. The van der Waals surface area contributed by atoms with E-state index in [0.717, 1.165) is 0 Å². The van der Waals surface area contributed by atoms with Crippen LogP contribution < -0.4 is 0 Å². The van der Waals surface area contributed by atoms with Gasteiger partial charge in [0.2, 0.25) is 0 Å². The van der Waals surface area contributed by atoms with Crippen LogP contribution in [-0.4, -0.2) is 24.6 Å². The van der Waals surface area contributed by atoms with Crippen molar-refractivity contribution >= 4 is 11.9 Å². The molecule has 0 unspecified atom stereocenters. The molecule has 1 saturated heterocycles. The normalized spacial score (nSPS) is 19.7. The van der Waals surface area contributed by atoms with E-state index in [1.807, 2.05) is 6.07 Å². The predicted octanol–water partition coefficient (Wildman–Crippen LogP) is 1.16. The molecule has 1 fully saturated rings. The van der Waals surface area contributed by atoms with Gasteiger partial charge in [-0.15, -0.1) is 0 Å². The molecule has 4 nitrogen and oxygen atoms in total. The Labute approximate surface area is 86.8 Å². The van der Waals surface area contributed by atoms with Gasteiger partial charge in [0.15, 0.2) is 0 Å². The van der Waals surface area contributed by atoms with E-state index in [1.165, 1.54) is 0 Å². The van der Waals surface area contributed by atoms with Crippen molar-refractivity contribution in [2.75, 3.05) is 6.61 Å². The highest BCUT2D eigenvalue weighted by Gasteiger charge is 2.27. The van der Waals surface area contributed by atoms with Crippen molar-refractivity contribution < 1.29 is 19.1 Å². The maximum atomic E-state index is 11.5. The van der Waals surface area contributed by atoms with Crippen LogP contribution in [0.2, 0.25) is 0 Å². The van der Waals surface area contributed by atoms with Crippen molar-refractivity contribution in [1.82, 2.24) is 0 Å². The van der Waals surface area contributed by atoms with Gasteiger partial charge in [-0.25, -0.2) is 4.79 Å². The highest BCUT2D eigenvalue weighted by molar-refractivity contribution is 5.89. The van der Waals surface area contributed by atoms with Crippen LogP contribution in [0.25, 0.3) is 0 Å². The summed E-state index contributed by atoms with van der Waals surface area (Å²) in [5, 5.41) is 0. The van der Waals surface area contributed by atoms with Gasteiger partial charge in [-0.05, 0) is 12.1 Å². The van der Waals surface area contributed by atoms with Gasteiger partial charge in [0, 0.05) is 0 Å². The molecule has 0 aromatic heterocycles. The first-order valence-electron chi connectivity index (χ1n) is 4.67. The highest BCUT2D eigenvalue weighted by Crippen LogP contribution is 2.12. The lowest BCUT2D eigenvalue weighted by atomic mass is 10.2. The zero-order valence-corrected chi connectivity index (χ0v) is 8.01. The first-order chi connectivity index (χ1) is 7.25. The summed E-state index contributed by atoms with van der Waals surface area (Å²) in [6, 6.07) is 8.67. The number of rotatable bonds is 2. The van der Waals surface area contributed by atoms with Crippen LogP contribution in [0.1, 0.15) is 16.8 Å². The monoisotopic (exact) mass is 206 g/mol. The Hall–Kier alpha value is -1.84. The fourth-order valence-corrected chi connectivity index (χ4v) is 1.36. The number of carbonyl (C=O) groups excluding carboxylic acids is 2. The van der Waals surface area contributed by atoms with Gasteiger partial charge in [-0.1, -0.05) is 18.2 Å². The number of benzene rings is 1. The van der Waals surface area contributed by atoms with Crippen molar-refractivity contribution in [3.63, 3.8) is 0 Å². The van der Waals surface area contributed by atoms with Crippen molar-refractivity contribution in [2.45, 2.75) is 12.5 Å². The molecule has 0 spiro atoms. The molecule has 4 heteroatoms. The van der Waals surface area contributed by atoms with E-state index in [9.17, 15) is 9.59 Å². The first kappa shape index (κ1) is 9.71. The number of hydrogen-bond donors (Lipinski definition) is 0. The Morgan fingerprint density at radius 2 is 2.07 bits per heavy atom. The minimum absolute atomic E-state index is 0.151. The van der Waals surface area contributed by atoms with Crippen LogP contribution in [0.4, 0.5) is 0 Å². The van der Waals surface area contributed by atoms with Crippen molar-refractivity contribution in [1.29, 1.82) is 0 Å². The molecule has 0 amide bonds. The quantitative estimate of drug-likeness (QED) is 0.681. The van der Waals surface area contributed by atoms with Gasteiger partial charge in [0.1, 0.15) is 12.7 Å². The SMILES string of the molecule is O=C1C[C@H](OC(=O)c2ccccc2)CO1. The number of hydrogen-bond acceptors (Lipinski definition) is 4. The van der Waals surface area contributed by atoms with E-state index in [-0.39, 0.29) is 19.0 Å². The van der Waals surface area contributed by atoms with Crippen LogP contribution in [0.15, 0.2) is 30.3 Å². The van der Waals surface area contributed by atoms with E-state index >= 15 is 0 Å². The fourth-order valence-electron chi connectivity index (χ4n) is 1.36. The minimum Gasteiger partial charge on any atom is -0.462 e. The summed E-state index contributed by atoms with van der Waals surface area (Å²) in [6.07, 6.45) is -0.288. The molecule has 1 aromatic rings. The molecule has 1 aromatic carbocycles. The van der Waals surface area contributed by atoms with E-state index < -0.39 is 12.1 Å². The standard InChI is InChI=1S/C11H10O4/c12-10-6-9(7-14-10)15-11(13)8-4-2-1-3-5-8/h1-5,9H,6-7H2/t9-/m0/s1. The molecule has 1 aliphatic rings. The number of esters is 2. The zero-order valence-electron chi connectivity index (χ0n) is 8.01. The van der Waals surface area contributed by atoms with Gasteiger partial charge >= 0.3 is 11.9 Å². The molecular formula is C11H10O4. The Kier molecular flexibility index (Phi) is 2.67. The van der Waals surface area contributed by atoms with Gasteiger partial charge in [0.05, 0.1) is 12.0 Å². The maximum absolute atomic E-state index is 11.5. The first-order valence-corrected chi connectivity index (χ1v) is 4.67.